The Morgan fingerprint density at radius 2 is 1.71 bits per heavy atom. The van der Waals surface area contributed by atoms with Crippen molar-refractivity contribution >= 4 is 0 Å². The largest absolute Gasteiger partial charge is 0.481 e. The molecule has 14 heavy (non-hydrogen) atoms. The van der Waals surface area contributed by atoms with Gasteiger partial charge in [-0.25, -0.2) is 4.98 Å². The third-order valence-electron chi connectivity index (χ3n) is 2.31. The lowest BCUT2D eigenvalue weighted by Gasteiger charge is -2.12. The Labute approximate surface area is 86.3 Å². The summed E-state index contributed by atoms with van der Waals surface area (Å²) in [5.74, 6) is 1.69. The van der Waals surface area contributed by atoms with E-state index in [-0.39, 0.29) is 0 Å². The molecule has 0 aromatic carbocycles. The van der Waals surface area contributed by atoms with Crippen LogP contribution in [0.25, 0.3) is 0 Å². The average Bonchev–Trinajstić information content (AvgIpc) is 2.16. The molecule has 0 amide bonds. The van der Waals surface area contributed by atoms with Crippen LogP contribution in [0.2, 0.25) is 0 Å². The van der Waals surface area contributed by atoms with E-state index >= 15 is 0 Å². The van der Waals surface area contributed by atoms with E-state index in [4.69, 9.17) is 4.74 Å². The first kappa shape index (κ1) is 11.0. The molecule has 0 saturated carbocycles. The van der Waals surface area contributed by atoms with Crippen LogP contribution < -0.4 is 4.74 Å². The molecule has 2 heteroatoms. The van der Waals surface area contributed by atoms with Crippen molar-refractivity contribution in [2.45, 2.75) is 39.5 Å². The zero-order chi connectivity index (χ0) is 10.7. The first-order chi connectivity index (χ1) is 6.54. The summed E-state index contributed by atoms with van der Waals surface area (Å²) in [7, 11) is 1.66. The predicted molar refractivity (Wildman–Crippen MR) is 59.0 cm³/mol. The van der Waals surface area contributed by atoms with Crippen molar-refractivity contribution in [2.75, 3.05) is 7.11 Å². The number of rotatable bonds is 3. The van der Waals surface area contributed by atoms with Gasteiger partial charge in [0.05, 0.1) is 7.11 Å². The molecule has 0 saturated heterocycles. The van der Waals surface area contributed by atoms with Crippen LogP contribution in [-0.4, -0.2) is 12.1 Å². The van der Waals surface area contributed by atoms with Crippen LogP contribution in [0, 0.1) is 0 Å². The molecule has 0 fully saturated rings. The van der Waals surface area contributed by atoms with E-state index in [1.165, 1.54) is 5.56 Å². The lowest BCUT2D eigenvalue weighted by molar-refractivity contribution is 0.394. The fourth-order valence-corrected chi connectivity index (χ4v) is 1.28. The second-order valence-electron chi connectivity index (χ2n) is 4.18. The Balaban J connectivity index is 3.13. The zero-order valence-electron chi connectivity index (χ0n) is 9.66. The number of aromatic nitrogens is 1. The summed E-state index contributed by atoms with van der Waals surface area (Å²) in [5, 5.41) is 0. The molecule has 1 aromatic heterocycles. The van der Waals surface area contributed by atoms with Crippen LogP contribution in [-0.2, 0) is 0 Å². The molecule has 1 aromatic rings. The Kier molecular flexibility index (Phi) is 3.50. The third-order valence-corrected chi connectivity index (χ3v) is 2.31. The standard InChI is InChI=1S/C12H19NO/c1-8(2)10-6-11(9(3)4)13-12(7-10)14-5/h6-9H,1-5H3. The van der Waals surface area contributed by atoms with Gasteiger partial charge in [-0.05, 0) is 23.5 Å². The summed E-state index contributed by atoms with van der Waals surface area (Å²) in [6.07, 6.45) is 0. The van der Waals surface area contributed by atoms with Gasteiger partial charge >= 0.3 is 0 Å². The second kappa shape index (κ2) is 4.45. The quantitative estimate of drug-likeness (QED) is 0.734. The van der Waals surface area contributed by atoms with Crippen molar-refractivity contribution < 1.29 is 4.74 Å². The van der Waals surface area contributed by atoms with Gasteiger partial charge in [-0.15, -0.1) is 0 Å². The Hall–Kier alpha value is -1.05. The fraction of sp³-hybridized carbons (Fsp3) is 0.583. The first-order valence-electron chi connectivity index (χ1n) is 5.10. The monoisotopic (exact) mass is 193 g/mol. The lowest BCUT2D eigenvalue weighted by Crippen LogP contribution is -1.99. The normalized spacial score (nSPS) is 11.1. The van der Waals surface area contributed by atoms with Gasteiger partial charge < -0.3 is 4.74 Å². The van der Waals surface area contributed by atoms with Gasteiger partial charge in [0.25, 0.3) is 0 Å². The van der Waals surface area contributed by atoms with Crippen LogP contribution in [0.1, 0.15) is 50.8 Å². The molecule has 0 radical (unpaired) electrons. The van der Waals surface area contributed by atoms with Gasteiger partial charge in [0.2, 0.25) is 5.88 Å². The maximum Gasteiger partial charge on any atom is 0.213 e. The molecule has 1 rings (SSSR count). The molecule has 0 aliphatic carbocycles. The number of nitrogens with zero attached hydrogens (tertiary/aromatic N) is 1. The molecule has 1 heterocycles. The Bertz CT molecular complexity index is 279. The lowest BCUT2D eigenvalue weighted by atomic mass is 10.0. The number of hydrogen-bond acceptors (Lipinski definition) is 2. The van der Waals surface area contributed by atoms with E-state index in [9.17, 15) is 0 Å². The summed E-state index contributed by atoms with van der Waals surface area (Å²) in [4.78, 5) is 4.41. The van der Waals surface area contributed by atoms with Gasteiger partial charge in [-0.1, -0.05) is 27.7 Å². The SMILES string of the molecule is COc1cc(C(C)C)cc(C(C)C)n1. The van der Waals surface area contributed by atoms with Gasteiger partial charge in [0.1, 0.15) is 0 Å². The smallest absolute Gasteiger partial charge is 0.213 e. The molecular weight excluding hydrogens is 174 g/mol. The number of methoxy groups -OCH3 is 1. The van der Waals surface area contributed by atoms with Gasteiger partial charge in [-0.2, -0.15) is 0 Å². The molecule has 2 nitrogen and oxygen atoms in total. The number of pyridine rings is 1. The van der Waals surface area contributed by atoms with Crippen molar-refractivity contribution in [3.63, 3.8) is 0 Å². The molecule has 0 aliphatic rings. The van der Waals surface area contributed by atoms with Gasteiger partial charge in [0.15, 0.2) is 0 Å². The minimum absolute atomic E-state index is 0.447. The van der Waals surface area contributed by atoms with Gasteiger partial charge in [0, 0.05) is 11.8 Å². The number of ether oxygens (including phenoxy) is 1. The maximum atomic E-state index is 5.18. The van der Waals surface area contributed by atoms with E-state index < -0.39 is 0 Å². The molecule has 0 unspecified atom stereocenters. The van der Waals surface area contributed by atoms with Crippen LogP contribution in [0.3, 0.4) is 0 Å². The first-order valence-corrected chi connectivity index (χ1v) is 5.10. The highest BCUT2D eigenvalue weighted by Crippen LogP contribution is 2.23. The summed E-state index contributed by atoms with van der Waals surface area (Å²) >= 11 is 0. The highest BCUT2D eigenvalue weighted by molar-refractivity contribution is 5.28. The molecule has 0 spiro atoms. The number of hydrogen-bond donors (Lipinski definition) is 0. The van der Waals surface area contributed by atoms with E-state index in [0.29, 0.717) is 11.8 Å². The fourth-order valence-electron chi connectivity index (χ4n) is 1.28. The molecule has 0 N–H and O–H groups in total. The summed E-state index contributed by atoms with van der Waals surface area (Å²) in [6, 6.07) is 4.18. The van der Waals surface area contributed by atoms with E-state index in [2.05, 4.69) is 38.7 Å². The zero-order valence-corrected chi connectivity index (χ0v) is 9.66. The Morgan fingerprint density at radius 3 is 2.14 bits per heavy atom. The molecule has 78 valence electrons. The van der Waals surface area contributed by atoms with Crippen molar-refractivity contribution in [1.82, 2.24) is 4.98 Å². The van der Waals surface area contributed by atoms with Crippen LogP contribution in [0.4, 0.5) is 0 Å². The van der Waals surface area contributed by atoms with E-state index in [1.54, 1.807) is 7.11 Å². The van der Waals surface area contributed by atoms with E-state index in [0.717, 1.165) is 11.6 Å². The second-order valence-corrected chi connectivity index (χ2v) is 4.18. The molecule has 0 bridgehead atoms. The van der Waals surface area contributed by atoms with Crippen molar-refractivity contribution in [3.8, 4) is 5.88 Å². The topological polar surface area (TPSA) is 22.1 Å². The van der Waals surface area contributed by atoms with Crippen LogP contribution in [0.5, 0.6) is 5.88 Å². The minimum Gasteiger partial charge on any atom is -0.481 e. The minimum atomic E-state index is 0.447. The molecular formula is C12H19NO. The van der Waals surface area contributed by atoms with Crippen molar-refractivity contribution in [2.24, 2.45) is 0 Å². The molecule has 0 aliphatic heterocycles. The summed E-state index contributed by atoms with van der Waals surface area (Å²) < 4.78 is 5.18. The van der Waals surface area contributed by atoms with Crippen LogP contribution in [0.15, 0.2) is 12.1 Å². The van der Waals surface area contributed by atoms with E-state index in [1.807, 2.05) is 6.07 Å². The highest BCUT2D eigenvalue weighted by Gasteiger charge is 2.08. The average molecular weight is 193 g/mol. The summed E-state index contributed by atoms with van der Waals surface area (Å²) in [5.41, 5.74) is 2.40. The maximum absolute atomic E-state index is 5.18. The summed E-state index contributed by atoms with van der Waals surface area (Å²) in [6.45, 7) is 8.65. The molecule has 0 atom stereocenters. The van der Waals surface area contributed by atoms with Crippen LogP contribution >= 0.6 is 0 Å². The van der Waals surface area contributed by atoms with Gasteiger partial charge in [-0.3, -0.25) is 0 Å². The highest BCUT2D eigenvalue weighted by atomic mass is 16.5. The van der Waals surface area contributed by atoms with Crippen molar-refractivity contribution in [3.05, 3.63) is 23.4 Å². The Morgan fingerprint density at radius 1 is 1.07 bits per heavy atom. The predicted octanol–water partition coefficient (Wildman–Crippen LogP) is 3.34. The third kappa shape index (κ3) is 2.47. The van der Waals surface area contributed by atoms with Crippen molar-refractivity contribution in [1.29, 1.82) is 0 Å².